The van der Waals surface area contributed by atoms with Gasteiger partial charge in [0.1, 0.15) is 0 Å². The molecule has 0 bridgehead atoms. The molecule has 1 heterocycles. The predicted molar refractivity (Wildman–Crippen MR) is 134 cm³/mol. The lowest BCUT2D eigenvalue weighted by atomic mass is 9.87. The van der Waals surface area contributed by atoms with E-state index in [9.17, 15) is 35.9 Å². The minimum absolute atomic E-state index is 0.0308. The van der Waals surface area contributed by atoms with Crippen molar-refractivity contribution < 1.29 is 45.4 Å². The molecule has 2 atom stereocenters. The number of ether oxygens (including phenoxy) is 2. The number of halogens is 7. The Balaban J connectivity index is 1.82. The van der Waals surface area contributed by atoms with Crippen molar-refractivity contribution in [1.82, 2.24) is 4.90 Å². The molecule has 4 rings (SSSR count). The van der Waals surface area contributed by atoms with Crippen LogP contribution in [-0.4, -0.2) is 36.3 Å². The molecule has 2 amide bonds. The maximum absolute atomic E-state index is 13.5. The number of methoxy groups -OCH3 is 1. The van der Waals surface area contributed by atoms with E-state index < -0.39 is 60.4 Å². The Hall–Kier alpha value is -3.15. The summed E-state index contributed by atoms with van der Waals surface area (Å²) in [6.45, 7) is 2.77. The van der Waals surface area contributed by atoms with Crippen LogP contribution in [0.1, 0.15) is 61.4 Å². The van der Waals surface area contributed by atoms with Gasteiger partial charge in [-0.3, -0.25) is 9.80 Å². The van der Waals surface area contributed by atoms with Gasteiger partial charge in [0.05, 0.1) is 36.1 Å². The van der Waals surface area contributed by atoms with Crippen LogP contribution < -0.4 is 4.90 Å². The van der Waals surface area contributed by atoms with Gasteiger partial charge < -0.3 is 9.47 Å². The Morgan fingerprint density at radius 2 is 1.62 bits per heavy atom. The van der Waals surface area contributed by atoms with Crippen molar-refractivity contribution in [2.45, 2.75) is 70.2 Å². The van der Waals surface area contributed by atoms with Gasteiger partial charge in [-0.2, -0.15) is 26.3 Å². The molecule has 2 aliphatic rings. The molecule has 1 saturated carbocycles. The highest BCUT2D eigenvalue weighted by molar-refractivity contribution is 6.30. The summed E-state index contributed by atoms with van der Waals surface area (Å²) in [5, 5.41) is 0.258. The lowest BCUT2D eigenvalue weighted by molar-refractivity contribution is -0.143. The molecule has 0 saturated heterocycles. The topological polar surface area (TPSA) is 59.1 Å². The second-order valence-electron chi connectivity index (χ2n) is 10.2. The molecule has 40 heavy (non-hydrogen) atoms. The Kier molecular flexibility index (Phi) is 8.22. The summed E-state index contributed by atoms with van der Waals surface area (Å²) in [6, 6.07) is 4.53. The zero-order valence-corrected chi connectivity index (χ0v) is 22.5. The minimum atomic E-state index is -5.05. The fourth-order valence-corrected chi connectivity index (χ4v) is 5.23. The SMILES string of the molecule is COC(=O)N(Cc1cc(C(F)(F)F)cc(C(F)(F)F)c1)[C@H]1C[C@H](C2CC2)N(C(=O)OC(C)C)c2ccc(Cl)cc21. The van der Waals surface area contributed by atoms with Gasteiger partial charge in [0.25, 0.3) is 0 Å². The highest BCUT2D eigenvalue weighted by Gasteiger charge is 2.47. The number of nitrogens with zero attached hydrogens (tertiary/aromatic N) is 2. The van der Waals surface area contributed by atoms with E-state index in [0.29, 0.717) is 23.4 Å². The molecular weight excluding hydrogens is 566 g/mol. The fraction of sp³-hybridized carbons (Fsp3) is 0.481. The maximum Gasteiger partial charge on any atom is 0.416 e. The fourth-order valence-electron chi connectivity index (χ4n) is 5.05. The molecule has 0 aromatic heterocycles. The first-order valence-corrected chi connectivity index (χ1v) is 12.9. The molecule has 1 aliphatic heterocycles. The molecule has 2 aromatic carbocycles. The minimum Gasteiger partial charge on any atom is -0.453 e. The summed E-state index contributed by atoms with van der Waals surface area (Å²) in [4.78, 5) is 28.8. The number of alkyl halides is 6. The van der Waals surface area contributed by atoms with E-state index in [2.05, 4.69) is 0 Å². The molecule has 2 aromatic rings. The number of carbonyl (C=O) groups is 2. The van der Waals surface area contributed by atoms with Crippen molar-refractivity contribution in [2.24, 2.45) is 5.92 Å². The first-order valence-electron chi connectivity index (χ1n) is 12.5. The highest BCUT2D eigenvalue weighted by Crippen LogP contribution is 2.49. The van der Waals surface area contributed by atoms with Crippen LogP contribution in [0.25, 0.3) is 0 Å². The van der Waals surface area contributed by atoms with Gasteiger partial charge in [0.2, 0.25) is 0 Å². The van der Waals surface area contributed by atoms with Crippen LogP contribution in [0.15, 0.2) is 36.4 Å². The number of hydrogen-bond donors (Lipinski definition) is 0. The zero-order chi connectivity index (χ0) is 29.6. The highest BCUT2D eigenvalue weighted by atomic mass is 35.5. The largest absolute Gasteiger partial charge is 0.453 e. The first-order chi connectivity index (χ1) is 18.6. The van der Waals surface area contributed by atoms with Crippen molar-refractivity contribution in [2.75, 3.05) is 12.0 Å². The van der Waals surface area contributed by atoms with Gasteiger partial charge in [0.15, 0.2) is 0 Å². The van der Waals surface area contributed by atoms with Crippen LogP contribution >= 0.6 is 11.6 Å². The van der Waals surface area contributed by atoms with E-state index in [4.69, 9.17) is 21.1 Å². The molecule has 6 nitrogen and oxygen atoms in total. The van der Waals surface area contributed by atoms with Crippen LogP contribution in [0.2, 0.25) is 5.02 Å². The van der Waals surface area contributed by atoms with Crippen LogP contribution in [0.4, 0.5) is 41.6 Å². The van der Waals surface area contributed by atoms with Gasteiger partial charge in [-0.15, -0.1) is 0 Å². The summed E-state index contributed by atoms with van der Waals surface area (Å²) in [5.74, 6) is 0.0657. The molecule has 13 heteroatoms. The Bertz CT molecular complexity index is 1250. The monoisotopic (exact) mass is 592 g/mol. The smallest absolute Gasteiger partial charge is 0.416 e. The predicted octanol–water partition coefficient (Wildman–Crippen LogP) is 8.22. The quantitative estimate of drug-likeness (QED) is 0.328. The molecule has 0 N–H and O–H groups in total. The molecule has 0 radical (unpaired) electrons. The summed E-state index contributed by atoms with van der Waals surface area (Å²) in [7, 11) is 1.06. The Labute approximate surface area is 231 Å². The number of amides is 2. The van der Waals surface area contributed by atoms with Crippen molar-refractivity contribution in [3.8, 4) is 0 Å². The number of fused-ring (bicyclic) bond motifs is 1. The molecule has 0 spiro atoms. The second kappa shape index (κ2) is 11.0. The molecule has 1 fully saturated rings. The zero-order valence-electron chi connectivity index (χ0n) is 21.8. The number of hydrogen-bond acceptors (Lipinski definition) is 4. The van der Waals surface area contributed by atoms with Crippen LogP contribution in [0.3, 0.4) is 0 Å². The maximum atomic E-state index is 13.5. The molecule has 218 valence electrons. The van der Waals surface area contributed by atoms with E-state index in [0.717, 1.165) is 24.9 Å². The van der Waals surface area contributed by atoms with E-state index in [1.165, 1.54) is 11.0 Å². The van der Waals surface area contributed by atoms with Crippen LogP contribution in [-0.2, 0) is 28.4 Å². The number of carbonyl (C=O) groups excluding carboxylic acids is 2. The lowest BCUT2D eigenvalue weighted by Crippen LogP contribution is -2.50. The van der Waals surface area contributed by atoms with Crippen molar-refractivity contribution in [3.63, 3.8) is 0 Å². The van der Waals surface area contributed by atoms with Crippen LogP contribution in [0, 0.1) is 5.92 Å². The average molecular weight is 593 g/mol. The van der Waals surface area contributed by atoms with E-state index in [-0.39, 0.29) is 29.0 Å². The van der Waals surface area contributed by atoms with Gasteiger partial charge >= 0.3 is 24.5 Å². The van der Waals surface area contributed by atoms with Gasteiger partial charge in [-0.1, -0.05) is 11.6 Å². The third-order valence-corrected chi connectivity index (χ3v) is 7.12. The first kappa shape index (κ1) is 29.8. The second-order valence-corrected chi connectivity index (χ2v) is 10.6. The number of benzene rings is 2. The van der Waals surface area contributed by atoms with E-state index >= 15 is 0 Å². The van der Waals surface area contributed by atoms with Crippen LogP contribution in [0.5, 0.6) is 0 Å². The van der Waals surface area contributed by atoms with Gasteiger partial charge in [-0.05, 0) is 81.0 Å². The van der Waals surface area contributed by atoms with Crippen molar-refractivity contribution >= 4 is 29.5 Å². The molecule has 0 unspecified atom stereocenters. The normalized spacial score (nSPS) is 19.3. The van der Waals surface area contributed by atoms with E-state index in [1.54, 1.807) is 26.0 Å². The molecular formula is C27H27ClF6N2O4. The number of anilines is 1. The third-order valence-electron chi connectivity index (χ3n) is 6.89. The van der Waals surface area contributed by atoms with Gasteiger partial charge in [-0.25, -0.2) is 9.59 Å². The van der Waals surface area contributed by atoms with Crippen molar-refractivity contribution in [3.05, 3.63) is 63.7 Å². The lowest BCUT2D eigenvalue weighted by Gasteiger charge is -2.44. The average Bonchev–Trinajstić information content (AvgIpc) is 3.70. The summed E-state index contributed by atoms with van der Waals surface area (Å²) >= 11 is 6.27. The summed E-state index contributed by atoms with van der Waals surface area (Å²) < 4.78 is 91.5. The Morgan fingerprint density at radius 1 is 1.02 bits per heavy atom. The van der Waals surface area contributed by atoms with Gasteiger partial charge in [0, 0.05) is 23.2 Å². The van der Waals surface area contributed by atoms with Crippen molar-refractivity contribution in [1.29, 1.82) is 0 Å². The summed E-state index contributed by atoms with van der Waals surface area (Å²) in [6.07, 6.45) is -10.3. The third kappa shape index (κ3) is 6.42. The number of rotatable bonds is 5. The summed E-state index contributed by atoms with van der Waals surface area (Å²) in [5.41, 5.74) is -2.60. The Morgan fingerprint density at radius 3 is 2.12 bits per heavy atom. The molecule has 1 aliphatic carbocycles. The standard InChI is InChI=1S/C27H27ClF6N2O4/c1-14(2)40-25(38)36-21-7-6-19(28)11-20(21)23(12-22(36)16-4-5-16)35(24(37)39-3)13-15-8-17(26(29,30)31)10-18(9-15)27(32,33)34/h6-11,14,16,22-23H,4-5,12-13H2,1-3H3/t22-,23+/m1/s1. The van der Waals surface area contributed by atoms with E-state index in [1.807, 2.05) is 0 Å².